The van der Waals surface area contributed by atoms with E-state index in [0.29, 0.717) is 35.5 Å². The van der Waals surface area contributed by atoms with Gasteiger partial charge in [0.25, 0.3) is 0 Å². The second-order valence-corrected chi connectivity index (χ2v) is 5.93. The molecule has 23 heavy (non-hydrogen) atoms. The van der Waals surface area contributed by atoms with E-state index in [1.165, 1.54) is 0 Å². The number of hydrogen-bond donors (Lipinski definition) is 1. The molecule has 0 radical (unpaired) electrons. The van der Waals surface area contributed by atoms with Crippen LogP contribution < -0.4 is 19.5 Å². The zero-order valence-electron chi connectivity index (χ0n) is 12.7. The number of ether oxygens (including phenoxy) is 3. The summed E-state index contributed by atoms with van der Waals surface area (Å²) in [5.74, 6) is 2.12. The Kier molecular flexibility index (Phi) is 5.16. The normalized spacial score (nSPS) is 12.5. The monoisotopic (exact) mass is 353 g/mol. The topological polar surface area (TPSA) is 39.7 Å². The highest BCUT2D eigenvalue weighted by Gasteiger charge is 2.13. The number of nitrogens with one attached hydrogen (secondary N) is 1. The van der Waals surface area contributed by atoms with Crippen LogP contribution in [0.15, 0.2) is 30.3 Å². The van der Waals surface area contributed by atoms with Crippen LogP contribution in [0.4, 0.5) is 0 Å². The molecule has 2 aromatic carbocycles. The van der Waals surface area contributed by atoms with Gasteiger partial charge >= 0.3 is 0 Å². The molecule has 0 fully saturated rings. The van der Waals surface area contributed by atoms with Crippen molar-refractivity contribution in [2.24, 2.45) is 0 Å². The van der Waals surface area contributed by atoms with Crippen molar-refractivity contribution in [1.82, 2.24) is 5.32 Å². The highest BCUT2D eigenvalue weighted by Crippen LogP contribution is 2.34. The van der Waals surface area contributed by atoms with E-state index in [1.807, 2.05) is 37.3 Å². The van der Waals surface area contributed by atoms with E-state index >= 15 is 0 Å². The summed E-state index contributed by atoms with van der Waals surface area (Å²) in [4.78, 5) is 0. The van der Waals surface area contributed by atoms with Gasteiger partial charge in [-0.15, -0.1) is 0 Å². The highest BCUT2D eigenvalue weighted by atomic mass is 35.5. The summed E-state index contributed by atoms with van der Waals surface area (Å²) < 4.78 is 16.1. The van der Waals surface area contributed by atoms with Crippen LogP contribution in [-0.2, 0) is 13.1 Å². The minimum atomic E-state index is 0.287. The molecule has 0 unspecified atom stereocenters. The van der Waals surface area contributed by atoms with Gasteiger partial charge in [-0.05, 0) is 42.3 Å². The second-order valence-electron chi connectivity index (χ2n) is 5.11. The Morgan fingerprint density at radius 1 is 1.00 bits per heavy atom. The molecule has 0 saturated heterocycles. The largest absolute Gasteiger partial charge is 0.491 e. The second kappa shape index (κ2) is 7.30. The molecule has 0 bridgehead atoms. The number of hydrogen-bond acceptors (Lipinski definition) is 4. The molecule has 1 aliphatic rings. The summed E-state index contributed by atoms with van der Waals surface area (Å²) in [6.07, 6.45) is 0. The summed E-state index contributed by atoms with van der Waals surface area (Å²) in [6, 6.07) is 9.65. The van der Waals surface area contributed by atoms with E-state index in [0.717, 1.165) is 22.6 Å². The molecule has 122 valence electrons. The Hall–Kier alpha value is -1.62. The third kappa shape index (κ3) is 3.83. The van der Waals surface area contributed by atoms with Gasteiger partial charge in [0, 0.05) is 13.1 Å². The van der Waals surface area contributed by atoms with Crippen LogP contribution in [0.3, 0.4) is 0 Å². The first-order chi connectivity index (χ1) is 11.2. The maximum Gasteiger partial charge on any atom is 0.231 e. The van der Waals surface area contributed by atoms with Crippen molar-refractivity contribution in [3.8, 4) is 17.2 Å². The zero-order valence-corrected chi connectivity index (χ0v) is 14.2. The lowest BCUT2D eigenvalue weighted by Crippen LogP contribution is -2.12. The maximum atomic E-state index is 6.21. The predicted molar refractivity (Wildman–Crippen MR) is 90.7 cm³/mol. The number of rotatable bonds is 6. The van der Waals surface area contributed by atoms with Gasteiger partial charge < -0.3 is 19.5 Å². The van der Waals surface area contributed by atoms with Crippen LogP contribution in [0.5, 0.6) is 17.2 Å². The molecular weight excluding hydrogens is 337 g/mol. The molecule has 1 N–H and O–H groups in total. The molecular formula is C17H17Cl2NO3. The van der Waals surface area contributed by atoms with Crippen LogP contribution in [0.2, 0.25) is 10.0 Å². The van der Waals surface area contributed by atoms with Gasteiger partial charge in [0.1, 0.15) is 0 Å². The van der Waals surface area contributed by atoms with E-state index in [-0.39, 0.29) is 6.79 Å². The van der Waals surface area contributed by atoms with Gasteiger partial charge in [-0.3, -0.25) is 0 Å². The summed E-state index contributed by atoms with van der Waals surface area (Å²) >= 11 is 12.4. The van der Waals surface area contributed by atoms with Gasteiger partial charge in [0.2, 0.25) is 6.79 Å². The van der Waals surface area contributed by atoms with Crippen LogP contribution in [0.1, 0.15) is 18.1 Å². The SMILES string of the molecule is CCOc1c(Cl)cc(CNCc2ccc3c(c2)OCO3)cc1Cl. The molecule has 2 aromatic rings. The predicted octanol–water partition coefficient (Wildman–Crippen LogP) is 4.41. The molecule has 0 spiro atoms. The minimum absolute atomic E-state index is 0.287. The van der Waals surface area contributed by atoms with E-state index in [2.05, 4.69) is 5.32 Å². The van der Waals surface area contributed by atoms with Crippen LogP contribution in [0, 0.1) is 0 Å². The molecule has 1 heterocycles. The van der Waals surface area contributed by atoms with E-state index in [4.69, 9.17) is 37.4 Å². The first-order valence-corrected chi connectivity index (χ1v) is 8.13. The molecule has 0 atom stereocenters. The average Bonchev–Trinajstić information content (AvgIpc) is 2.98. The van der Waals surface area contributed by atoms with Crippen molar-refractivity contribution < 1.29 is 14.2 Å². The molecule has 0 aromatic heterocycles. The van der Waals surface area contributed by atoms with Gasteiger partial charge in [-0.2, -0.15) is 0 Å². The zero-order chi connectivity index (χ0) is 16.2. The molecule has 1 aliphatic heterocycles. The summed E-state index contributed by atoms with van der Waals surface area (Å²) in [5.41, 5.74) is 2.13. The van der Waals surface area contributed by atoms with E-state index in [9.17, 15) is 0 Å². The van der Waals surface area contributed by atoms with Crippen molar-refractivity contribution in [3.05, 3.63) is 51.5 Å². The Balaban J connectivity index is 1.60. The third-order valence-electron chi connectivity index (χ3n) is 3.44. The lowest BCUT2D eigenvalue weighted by atomic mass is 10.2. The Morgan fingerprint density at radius 2 is 1.70 bits per heavy atom. The van der Waals surface area contributed by atoms with Crippen LogP contribution in [-0.4, -0.2) is 13.4 Å². The molecule has 4 nitrogen and oxygen atoms in total. The first kappa shape index (κ1) is 16.2. The van der Waals surface area contributed by atoms with Crippen LogP contribution >= 0.6 is 23.2 Å². The molecule has 0 amide bonds. The molecule has 0 aliphatic carbocycles. The summed E-state index contributed by atoms with van der Waals surface area (Å²) in [7, 11) is 0. The van der Waals surface area contributed by atoms with Gasteiger partial charge in [-0.25, -0.2) is 0 Å². The summed E-state index contributed by atoms with van der Waals surface area (Å²) in [5, 5.41) is 4.41. The smallest absolute Gasteiger partial charge is 0.231 e. The van der Waals surface area contributed by atoms with Crippen molar-refractivity contribution in [2.45, 2.75) is 20.0 Å². The number of fused-ring (bicyclic) bond motifs is 1. The fourth-order valence-electron chi connectivity index (χ4n) is 2.40. The number of halogens is 2. The van der Waals surface area contributed by atoms with Crippen molar-refractivity contribution in [2.75, 3.05) is 13.4 Å². The maximum absolute atomic E-state index is 6.21. The van der Waals surface area contributed by atoms with E-state index in [1.54, 1.807) is 0 Å². The van der Waals surface area contributed by atoms with Crippen molar-refractivity contribution >= 4 is 23.2 Å². The standard InChI is InChI=1S/C17H17Cl2NO3/c1-2-21-17-13(18)5-12(6-14(17)19)9-20-8-11-3-4-15-16(7-11)23-10-22-15/h3-7,20H,2,8-10H2,1H3. The van der Waals surface area contributed by atoms with E-state index < -0.39 is 0 Å². The summed E-state index contributed by atoms with van der Waals surface area (Å²) in [6.45, 7) is 4.07. The molecule has 6 heteroatoms. The molecule has 0 saturated carbocycles. The Labute approximate surface area is 145 Å². The lowest BCUT2D eigenvalue weighted by Gasteiger charge is -2.11. The fraction of sp³-hybridized carbons (Fsp3) is 0.294. The van der Waals surface area contributed by atoms with Gasteiger partial charge in [-0.1, -0.05) is 29.3 Å². The van der Waals surface area contributed by atoms with Crippen molar-refractivity contribution in [1.29, 1.82) is 0 Å². The number of benzene rings is 2. The van der Waals surface area contributed by atoms with Crippen LogP contribution in [0.25, 0.3) is 0 Å². The quantitative estimate of drug-likeness (QED) is 0.834. The van der Waals surface area contributed by atoms with Gasteiger partial charge in [0.15, 0.2) is 17.2 Å². The van der Waals surface area contributed by atoms with Crippen molar-refractivity contribution in [3.63, 3.8) is 0 Å². The Morgan fingerprint density at radius 3 is 2.43 bits per heavy atom. The molecule has 3 rings (SSSR count). The third-order valence-corrected chi connectivity index (χ3v) is 4.00. The minimum Gasteiger partial charge on any atom is -0.491 e. The highest BCUT2D eigenvalue weighted by molar-refractivity contribution is 6.37. The fourth-order valence-corrected chi connectivity index (χ4v) is 3.04. The lowest BCUT2D eigenvalue weighted by molar-refractivity contribution is 0.174. The Bertz CT molecular complexity index is 683. The average molecular weight is 354 g/mol. The van der Waals surface area contributed by atoms with Gasteiger partial charge in [0.05, 0.1) is 16.7 Å². The first-order valence-electron chi connectivity index (χ1n) is 7.37.